The van der Waals surface area contributed by atoms with Crippen molar-refractivity contribution in [3.8, 4) is 22.3 Å². The molecule has 0 saturated heterocycles. The average molecular weight is 654 g/mol. The Balaban J connectivity index is 1.20. The first kappa shape index (κ1) is 28.8. The first-order chi connectivity index (χ1) is 24.8. The molecular formula is C48H31NS. The molecule has 1 heterocycles. The molecule has 9 aromatic carbocycles. The highest BCUT2D eigenvalue weighted by molar-refractivity contribution is 7.26. The van der Waals surface area contributed by atoms with Gasteiger partial charge in [-0.25, -0.2) is 0 Å². The lowest BCUT2D eigenvalue weighted by Crippen LogP contribution is -2.10. The van der Waals surface area contributed by atoms with Crippen molar-refractivity contribution >= 4 is 80.9 Å². The first-order valence-corrected chi connectivity index (χ1v) is 17.9. The largest absolute Gasteiger partial charge is 0.309 e. The van der Waals surface area contributed by atoms with Gasteiger partial charge in [0.1, 0.15) is 0 Å². The third-order valence-corrected chi connectivity index (χ3v) is 11.2. The minimum Gasteiger partial charge on any atom is -0.309 e. The molecule has 0 spiro atoms. The molecule has 0 radical (unpaired) electrons. The zero-order chi connectivity index (χ0) is 33.0. The van der Waals surface area contributed by atoms with Crippen molar-refractivity contribution in [3.05, 3.63) is 188 Å². The van der Waals surface area contributed by atoms with Crippen molar-refractivity contribution < 1.29 is 0 Å². The maximum atomic E-state index is 2.45. The molecule has 0 saturated carbocycles. The van der Waals surface area contributed by atoms with Crippen molar-refractivity contribution in [1.29, 1.82) is 0 Å². The SMILES string of the molecule is c1cc(-c2ccc3ccccc3c2)cc(N(c2cccc(-c3cc4ccccc4c4ccccc34)c2)c2cccc3c2sc2ccccc23)c1. The fourth-order valence-electron chi connectivity index (χ4n) is 7.63. The van der Waals surface area contributed by atoms with Crippen molar-refractivity contribution in [2.75, 3.05) is 4.90 Å². The summed E-state index contributed by atoms with van der Waals surface area (Å²) >= 11 is 1.87. The highest BCUT2D eigenvalue weighted by Crippen LogP contribution is 2.46. The number of rotatable bonds is 5. The molecule has 50 heavy (non-hydrogen) atoms. The summed E-state index contributed by atoms with van der Waals surface area (Å²) in [5, 5.41) is 10.2. The van der Waals surface area contributed by atoms with E-state index in [1.54, 1.807) is 0 Å². The second-order valence-corrected chi connectivity index (χ2v) is 14.0. The van der Waals surface area contributed by atoms with Crippen LogP contribution in [0.3, 0.4) is 0 Å². The van der Waals surface area contributed by atoms with Gasteiger partial charge in [0, 0.05) is 26.8 Å². The molecule has 0 aliphatic carbocycles. The first-order valence-electron chi connectivity index (χ1n) is 17.1. The van der Waals surface area contributed by atoms with Crippen molar-refractivity contribution in [2.24, 2.45) is 0 Å². The summed E-state index contributed by atoms with van der Waals surface area (Å²) in [5.74, 6) is 0. The minimum absolute atomic E-state index is 1.13. The number of anilines is 3. The van der Waals surface area contributed by atoms with Crippen LogP contribution in [0.1, 0.15) is 0 Å². The van der Waals surface area contributed by atoms with Crippen LogP contribution in [0.4, 0.5) is 17.1 Å². The number of benzene rings is 9. The Morgan fingerprint density at radius 2 is 0.940 bits per heavy atom. The Labute approximate surface area is 294 Å². The summed E-state index contributed by atoms with van der Waals surface area (Å²) in [7, 11) is 0. The summed E-state index contributed by atoms with van der Waals surface area (Å²) in [6.45, 7) is 0. The maximum Gasteiger partial charge on any atom is 0.0640 e. The molecule has 0 N–H and O–H groups in total. The van der Waals surface area contributed by atoms with Gasteiger partial charge in [-0.2, -0.15) is 0 Å². The van der Waals surface area contributed by atoms with Gasteiger partial charge < -0.3 is 4.90 Å². The van der Waals surface area contributed by atoms with Gasteiger partial charge in [-0.3, -0.25) is 0 Å². The Bertz CT molecular complexity index is 2900. The van der Waals surface area contributed by atoms with Crippen LogP contribution in [-0.2, 0) is 0 Å². The van der Waals surface area contributed by atoms with Crippen LogP contribution in [0.15, 0.2) is 188 Å². The minimum atomic E-state index is 1.13. The van der Waals surface area contributed by atoms with Crippen LogP contribution in [0, 0.1) is 0 Å². The number of hydrogen-bond acceptors (Lipinski definition) is 2. The third kappa shape index (κ3) is 4.76. The Hall–Kier alpha value is -6.22. The number of hydrogen-bond donors (Lipinski definition) is 0. The van der Waals surface area contributed by atoms with Crippen LogP contribution in [0.5, 0.6) is 0 Å². The number of nitrogens with zero attached hydrogens (tertiary/aromatic N) is 1. The highest BCUT2D eigenvalue weighted by atomic mass is 32.1. The Kier molecular flexibility index (Phi) is 6.75. The monoisotopic (exact) mass is 653 g/mol. The summed E-state index contributed by atoms with van der Waals surface area (Å²) < 4.78 is 2.59. The van der Waals surface area contributed by atoms with Crippen LogP contribution in [0.2, 0.25) is 0 Å². The van der Waals surface area contributed by atoms with E-state index in [9.17, 15) is 0 Å². The zero-order valence-electron chi connectivity index (χ0n) is 27.3. The lowest BCUT2D eigenvalue weighted by atomic mass is 9.93. The fourth-order valence-corrected chi connectivity index (χ4v) is 8.84. The van der Waals surface area contributed by atoms with Crippen LogP contribution < -0.4 is 4.90 Å². The lowest BCUT2D eigenvalue weighted by molar-refractivity contribution is 1.30. The molecule has 0 atom stereocenters. The lowest BCUT2D eigenvalue weighted by Gasteiger charge is -2.27. The molecule has 0 aliphatic rings. The van der Waals surface area contributed by atoms with Gasteiger partial charge in [0.2, 0.25) is 0 Å². The Morgan fingerprint density at radius 3 is 1.78 bits per heavy atom. The molecule has 10 aromatic rings. The van der Waals surface area contributed by atoms with Crippen molar-refractivity contribution in [2.45, 2.75) is 0 Å². The summed E-state index contributed by atoms with van der Waals surface area (Å²) in [5.41, 5.74) is 8.27. The summed E-state index contributed by atoms with van der Waals surface area (Å²) in [6, 6.07) is 68.8. The molecule has 1 nitrogen and oxygen atoms in total. The fraction of sp³-hybridized carbons (Fsp3) is 0. The van der Waals surface area contributed by atoms with E-state index in [-0.39, 0.29) is 0 Å². The predicted molar refractivity (Wildman–Crippen MR) is 217 cm³/mol. The van der Waals surface area contributed by atoms with E-state index >= 15 is 0 Å². The second-order valence-electron chi connectivity index (χ2n) is 12.9. The third-order valence-electron chi connectivity index (χ3n) is 9.99. The van der Waals surface area contributed by atoms with E-state index in [0.29, 0.717) is 0 Å². The smallest absolute Gasteiger partial charge is 0.0640 e. The molecule has 10 rings (SSSR count). The molecule has 2 heteroatoms. The second kappa shape index (κ2) is 11.7. The van der Waals surface area contributed by atoms with Gasteiger partial charge in [-0.05, 0) is 103 Å². The van der Waals surface area contributed by atoms with Gasteiger partial charge in [0.15, 0.2) is 0 Å². The molecule has 0 bridgehead atoms. The van der Waals surface area contributed by atoms with Gasteiger partial charge >= 0.3 is 0 Å². The van der Waals surface area contributed by atoms with Gasteiger partial charge in [-0.15, -0.1) is 11.3 Å². The summed E-state index contributed by atoms with van der Waals surface area (Å²) in [6.07, 6.45) is 0. The quantitative estimate of drug-likeness (QED) is 0.167. The van der Waals surface area contributed by atoms with E-state index in [4.69, 9.17) is 0 Å². The number of thiophene rings is 1. The van der Waals surface area contributed by atoms with E-state index in [0.717, 1.165) is 11.4 Å². The number of fused-ring (bicyclic) bond motifs is 7. The van der Waals surface area contributed by atoms with E-state index in [2.05, 4.69) is 193 Å². The van der Waals surface area contributed by atoms with Crippen LogP contribution in [-0.4, -0.2) is 0 Å². The summed E-state index contributed by atoms with van der Waals surface area (Å²) in [4.78, 5) is 2.45. The van der Waals surface area contributed by atoms with Crippen LogP contribution in [0.25, 0.3) is 74.7 Å². The Morgan fingerprint density at radius 1 is 0.340 bits per heavy atom. The maximum absolute atomic E-state index is 2.45. The van der Waals surface area contributed by atoms with Gasteiger partial charge in [0.25, 0.3) is 0 Å². The highest BCUT2D eigenvalue weighted by Gasteiger charge is 2.20. The molecule has 0 amide bonds. The molecule has 234 valence electrons. The molecule has 1 aromatic heterocycles. The topological polar surface area (TPSA) is 3.24 Å². The zero-order valence-corrected chi connectivity index (χ0v) is 28.1. The molecule has 0 fully saturated rings. The van der Waals surface area contributed by atoms with E-state index in [1.807, 2.05) is 11.3 Å². The van der Waals surface area contributed by atoms with E-state index in [1.165, 1.54) is 80.4 Å². The van der Waals surface area contributed by atoms with E-state index < -0.39 is 0 Å². The van der Waals surface area contributed by atoms with Crippen molar-refractivity contribution in [1.82, 2.24) is 0 Å². The predicted octanol–water partition coefficient (Wildman–Crippen LogP) is 14.3. The molecule has 0 unspecified atom stereocenters. The van der Waals surface area contributed by atoms with Crippen LogP contribution >= 0.6 is 11.3 Å². The molecule has 0 aliphatic heterocycles. The van der Waals surface area contributed by atoms with Gasteiger partial charge in [0.05, 0.1) is 10.4 Å². The van der Waals surface area contributed by atoms with Crippen molar-refractivity contribution in [3.63, 3.8) is 0 Å². The average Bonchev–Trinajstić information content (AvgIpc) is 3.57. The molecular weight excluding hydrogens is 623 g/mol. The standard InChI is InChI=1S/C48H31NS/c1-2-13-33-28-35(27-26-32(33)12-1)34-15-9-17-38(29-34)49(46-24-11-23-44-43-22-7-8-25-47(43)50-48(44)46)39-18-10-16-36(30-39)45-31-37-14-3-4-19-40(37)41-20-5-6-21-42(41)45/h1-31H. The normalized spacial score (nSPS) is 11.6. The van der Waals surface area contributed by atoms with Gasteiger partial charge in [-0.1, -0.05) is 140 Å².